The van der Waals surface area contributed by atoms with E-state index in [1.165, 1.54) is 0 Å². The maximum atomic E-state index is 12.4. The Morgan fingerprint density at radius 2 is 2.11 bits per heavy atom. The van der Waals surface area contributed by atoms with Crippen LogP contribution in [0.1, 0.15) is 21.5 Å². The first-order valence-corrected chi connectivity index (χ1v) is 6.09. The lowest BCUT2D eigenvalue weighted by Gasteiger charge is -2.18. The number of carbonyl (C=O) groups excluding carboxylic acids is 1. The molecular formula is C15H17N3O. The van der Waals surface area contributed by atoms with E-state index in [1.54, 1.807) is 42.5 Å². The average molecular weight is 255 g/mol. The molecule has 19 heavy (non-hydrogen) atoms. The summed E-state index contributed by atoms with van der Waals surface area (Å²) in [5.74, 6) is -0.0337. The number of amides is 1. The normalized spacial score (nSPS) is 10.2. The van der Waals surface area contributed by atoms with Crippen LogP contribution in [-0.4, -0.2) is 22.8 Å². The number of nitrogens with two attached hydrogens (primary N) is 1. The molecule has 4 nitrogen and oxygen atoms in total. The van der Waals surface area contributed by atoms with Gasteiger partial charge in [-0.1, -0.05) is 12.1 Å². The van der Waals surface area contributed by atoms with Crippen molar-refractivity contribution in [3.8, 4) is 0 Å². The van der Waals surface area contributed by atoms with Gasteiger partial charge in [-0.15, -0.1) is 0 Å². The van der Waals surface area contributed by atoms with Gasteiger partial charge in [0.2, 0.25) is 0 Å². The van der Waals surface area contributed by atoms with Crippen LogP contribution in [0.3, 0.4) is 0 Å². The van der Waals surface area contributed by atoms with Gasteiger partial charge < -0.3 is 10.6 Å². The van der Waals surface area contributed by atoms with E-state index in [0.717, 1.165) is 11.1 Å². The van der Waals surface area contributed by atoms with Gasteiger partial charge in [-0.25, -0.2) is 0 Å². The number of hydrogen-bond donors (Lipinski definition) is 1. The maximum absolute atomic E-state index is 12.4. The lowest BCUT2D eigenvalue weighted by molar-refractivity contribution is 0.0784. The second-order valence-corrected chi connectivity index (χ2v) is 4.54. The molecule has 0 spiro atoms. The van der Waals surface area contributed by atoms with E-state index in [2.05, 4.69) is 4.98 Å². The summed E-state index contributed by atoms with van der Waals surface area (Å²) in [7, 11) is 1.78. The Balaban J connectivity index is 2.18. The maximum Gasteiger partial charge on any atom is 0.254 e. The van der Waals surface area contributed by atoms with Crippen LogP contribution in [0.4, 0.5) is 5.69 Å². The van der Waals surface area contributed by atoms with E-state index in [4.69, 9.17) is 5.73 Å². The molecule has 2 rings (SSSR count). The van der Waals surface area contributed by atoms with E-state index >= 15 is 0 Å². The Bertz CT molecular complexity index is 581. The first-order chi connectivity index (χ1) is 9.09. The molecule has 0 unspecified atom stereocenters. The molecule has 2 N–H and O–H groups in total. The topological polar surface area (TPSA) is 59.2 Å². The first-order valence-electron chi connectivity index (χ1n) is 6.09. The summed E-state index contributed by atoms with van der Waals surface area (Å²) in [5, 5.41) is 0. The smallest absolute Gasteiger partial charge is 0.254 e. The van der Waals surface area contributed by atoms with Gasteiger partial charge in [0.25, 0.3) is 5.91 Å². The van der Waals surface area contributed by atoms with Gasteiger partial charge in [-0.3, -0.25) is 9.78 Å². The summed E-state index contributed by atoms with van der Waals surface area (Å²) in [6.45, 7) is 2.39. The van der Waals surface area contributed by atoms with E-state index in [1.807, 2.05) is 19.1 Å². The highest BCUT2D eigenvalue weighted by Gasteiger charge is 2.15. The second kappa shape index (κ2) is 5.52. The molecule has 4 heteroatoms. The van der Waals surface area contributed by atoms with E-state index in [-0.39, 0.29) is 5.91 Å². The zero-order valence-corrected chi connectivity index (χ0v) is 11.1. The highest BCUT2D eigenvalue weighted by molar-refractivity contribution is 5.96. The summed E-state index contributed by atoms with van der Waals surface area (Å²) >= 11 is 0. The SMILES string of the molecule is Cc1c(N)cccc1C(=O)N(C)Cc1cccnc1. The predicted molar refractivity (Wildman–Crippen MR) is 75.6 cm³/mol. The quantitative estimate of drug-likeness (QED) is 0.856. The minimum atomic E-state index is -0.0337. The van der Waals surface area contributed by atoms with Crippen molar-refractivity contribution in [3.05, 3.63) is 59.4 Å². The van der Waals surface area contributed by atoms with Crippen molar-refractivity contribution >= 4 is 11.6 Å². The number of hydrogen-bond acceptors (Lipinski definition) is 3. The number of benzene rings is 1. The molecule has 98 valence electrons. The van der Waals surface area contributed by atoms with Gasteiger partial charge in [0, 0.05) is 37.2 Å². The lowest BCUT2D eigenvalue weighted by atomic mass is 10.1. The summed E-state index contributed by atoms with van der Waals surface area (Å²) in [5.41, 5.74) is 8.94. The van der Waals surface area contributed by atoms with Gasteiger partial charge in [-0.2, -0.15) is 0 Å². The fraction of sp³-hybridized carbons (Fsp3) is 0.200. The number of rotatable bonds is 3. The van der Waals surface area contributed by atoms with Crippen LogP contribution in [0, 0.1) is 6.92 Å². The number of nitrogens with zero attached hydrogens (tertiary/aromatic N) is 2. The highest BCUT2D eigenvalue weighted by atomic mass is 16.2. The molecule has 1 aromatic heterocycles. The summed E-state index contributed by atoms with van der Waals surface area (Å²) < 4.78 is 0. The van der Waals surface area contributed by atoms with Crippen molar-refractivity contribution in [1.82, 2.24) is 9.88 Å². The highest BCUT2D eigenvalue weighted by Crippen LogP contribution is 2.17. The molecule has 1 heterocycles. The average Bonchev–Trinajstić information content (AvgIpc) is 2.42. The zero-order valence-electron chi connectivity index (χ0n) is 11.1. The minimum absolute atomic E-state index is 0.0337. The number of aromatic nitrogens is 1. The van der Waals surface area contributed by atoms with Crippen LogP contribution in [-0.2, 0) is 6.54 Å². The Morgan fingerprint density at radius 3 is 2.79 bits per heavy atom. The third kappa shape index (κ3) is 2.91. The zero-order chi connectivity index (χ0) is 13.8. The van der Waals surface area contributed by atoms with Crippen LogP contribution in [0.5, 0.6) is 0 Å². The Kier molecular flexibility index (Phi) is 3.80. The predicted octanol–water partition coefficient (Wildman–Crippen LogP) is 2.24. The molecule has 0 saturated heterocycles. The van der Waals surface area contributed by atoms with Gasteiger partial charge in [-0.05, 0) is 36.2 Å². The molecule has 0 aliphatic rings. The van der Waals surface area contributed by atoms with Gasteiger partial charge in [0.05, 0.1) is 0 Å². The van der Waals surface area contributed by atoms with Crippen molar-refractivity contribution in [2.75, 3.05) is 12.8 Å². The molecule has 1 aromatic carbocycles. The summed E-state index contributed by atoms with van der Waals surface area (Å²) in [4.78, 5) is 18.1. The molecular weight excluding hydrogens is 238 g/mol. The molecule has 0 bridgehead atoms. The number of nitrogen functional groups attached to an aromatic ring is 1. The van der Waals surface area contributed by atoms with Crippen LogP contribution in [0.15, 0.2) is 42.7 Å². The van der Waals surface area contributed by atoms with Crippen molar-refractivity contribution in [1.29, 1.82) is 0 Å². The molecule has 0 aliphatic heterocycles. The lowest BCUT2D eigenvalue weighted by Crippen LogP contribution is -2.27. The molecule has 1 amide bonds. The molecule has 0 aliphatic carbocycles. The Labute approximate surface area is 112 Å². The number of pyridine rings is 1. The van der Waals surface area contributed by atoms with E-state index < -0.39 is 0 Å². The second-order valence-electron chi connectivity index (χ2n) is 4.54. The third-order valence-corrected chi connectivity index (χ3v) is 3.10. The van der Waals surface area contributed by atoms with Gasteiger partial charge >= 0.3 is 0 Å². The molecule has 0 fully saturated rings. The van der Waals surface area contributed by atoms with Crippen LogP contribution < -0.4 is 5.73 Å². The van der Waals surface area contributed by atoms with E-state index in [0.29, 0.717) is 17.8 Å². The van der Waals surface area contributed by atoms with Crippen LogP contribution in [0.2, 0.25) is 0 Å². The van der Waals surface area contributed by atoms with Crippen LogP contribution in [0.25, 0.3) is 0 Å². The standard InChI is InChI=1S/C15H17N3O/c1-11-13(6-3-7-14(11)16)15(19)18(2)10-12-5-4-8-17-9-12/h3-9H,10,16H2,1-2H3. The Hall–Kier alpha value is -2.36. The Morgan fingerprint density at radius 1 is 1.32 bits per heavy atom. The van der Waals surface area contributed by atoms with Crippen molar-refractivity contribution < 1.29 is 4.79 Å². The van der Waals surface area contributed by atoms with Crippen molar-refractivity contribution in [3.63, 3.8) is 0 Å². The monoisotopic (exact) mass is 255 g/mol. The van der Waals surface area contributed by atoms with Crippen LogP contribution >= 0.6 is 0 Å². The number of anilines is 1. The fourth-order valence-electron chi connectivity index (χ4n) is 1.93. The van der Waals surface area contributed by atoms with E-state index in [9.17, 15) is 4.79 Å². The fourth-order valence-corrected chi connectivity index (χ4v) is 1.93. The summed E-state index contributed by atoms with van der Waals surface area (Å²) in [6, 6.07) is 9.21. The summed E-state index contributed by atoms with van der Waals surface area (Å²) in [6.07, 6.45) is 3.48. The molecule has 0 saturated carbocycles. The number of carbonyl (C=O) groups is 1. The molecule has 2 aromatic rings. The third-order valence-electron chi connectivity index (χ3n) is 3.10. The minimum Gasteiger partial charge on any atom is -0.398 e. The van der Waals surface area contributed by atoms with Gasteiger partial charge in [0.1, 0.15) is 0 Å². The van der Waals surface area contributed by atoms with Gasteiger partial charge in [0.15, 0.2) is 0 Å². The largest absolute Gasteiger partial charge is 0.398 e. The van der Waals surface area contributed by atoms with Crippen molar-refractivity contribution in [2.24, 2.45) is 0 Å². The first kappa shape index (κ1) is 13.1. The molecule has 0 radical (unpaired) electrons. The van der Waals surface area contributed by atoms with Crippen molar-refractivity contribution in [2.45, 2.75) is 13.5 Å². The molecule has 0 atom stereocenters.